The van der Waals surface area contributed by atoms with E-state index < -0.39 is 31.4 Å². The van der Waals surface area contributed by atoms with E-state index in [2.05, 4.69) is 10.1 Å². The van der Waals surface area contributed by atoms with Crippen molar-refractivity contribution in [2.75, 3.05) is 18.9 Å². The second-order valence-electron chi connectivity index (χ2n) is 10.8. The van der Waals surface area contributed by atoms with Crippen molar-refractivity contribution < 1.29 is 27.9 Å². The predicted molar refractivity (Wildman–Crippen MR) is 164 cm³/mol. The van der Waals surface area contributed by atoms with Gasteiger partial charge in [-0.05, 0) is 71.9 Å². The largest absolute Gasteiger partial charge is 0.459 e. The number of carbonyl (C=O) groups excluding carboxylic acids is 1. The fourth-order valence-corrected chi connectivity index (χ4v) is 6.02. The van der Waals surface area contributed by atoms with Crippen molar-refractivity contribution in [2.24, 2.45) is 0 Å². The first-order chi connectivity index (χ1) is 19.8. The van der Waals surface area contributed by atoms with Crippen LogP contribution in [0.25, 0.3) is 21.9 Å². The minimum absolute atomic E-state index is 0.0833. The zero-order valence-electron chi connectivity index (χ0n) is 24.6. The number of nitrogens with one attached hydrogen (secondary N) is 1. The van der Waals surface area contributed by atoms with E-state index in [1.165, 1.54) is 6.92 Å². The second-order valence-corrected chi connectivity index (χ2v) is 12.9. The highest BCUT2D eigenvalue weighted by Gasteiger charge is 2.34. The second kappa shape index (κ2) is 13.0. The molecule has 0 fully saturated rings. The van der Waals surface area contributed by atoms with Crippen LogP contribution in [0.3, 0.4) is 0 Å². The molecule has 4 aromatic rings. The monoisotopic (exact) mass is 617 g/mol. The van der Waals surface area contributed by atoms with Crippen molar-refractivity contribution >= 4 is 53.1 Å². The predicted octanol–water partition coefficient (Wildman–Crippen LogP) is 6.44. The molecular formula is C29H37ClN5O6P. The number of nitrogen functional groups attached to an aromatic ring is 1. The molecule has 0 aliphatic carbocycles. The number of hydrogen-bond donors (Lipinski definition) is 2. The van der Waals surface area contributed by atoms with Gasteiger partial charge < -0.3 is 24.3 Å². The molecule has 4 rings (SSSR count). The topological polar surface area (TPSA) is 140 Å². The van der Waals surface area contributed by atoms with E-state index in [1.807, 2.05) is 42.7 Å². The van der Waals surface area contributed by atoms with Crippen LogP contribution in [0.1, 0.15) is 53.4 Å². The first-order valence-electron chi connectivity index (χ1n) is 13.6. The number of nitrogens with zero attached hydrogens (tertiary/aromatic N) is 3. The fraction of sp³-hybridized carbons (Fsp3) is 0.414. The maximum Gasteiger partial charge on any atom is 0.459 e. The molecule has 0 bridgehead atoms. The minimum Gasteiger partial charge on any atom is -0.459 e. The van der Waals surface area contributed by atoms with Gasteiger partial charge in [-0.3, -0.25) is 9.32 Å². The number of aromatic nitrogens is 3. The number of rotatable bonds is 12. The molecule has 2 heterocycles. The molecule has 0 saturated heterocycles. The van der Waals surface area contributed by atoms with E-state index in [1.54, 1.807) is 45.0 Å². The summed E-state index contributed by atoms with van der Waals surface area (Å²) >= 11 is 6.02. The summed E-state index contributed by atoms with van der Waals surface area (Å²) in [4.78, 5) is 22.0. The normalized spacial score (nSPS) is 14.9. The first-order valence-corrected chi connectivity index (χ1v) is 15.6. The number of benzene rings is 2. The standard InChI is InChI=1S/C29H37ClN5O6P/c1-7-38-17-24-33-25-26(22-10-8-9-11-23(22)32-27(25)31)35(24)18(2)16-39-42(37,41-21-14-12-20(30)13-15-21)34-19(3)28(36)40-29(4,5)6/h8-15,18-19H,7,16-17H2,1-6H3,(H2,31,32)(H,34,37)/t18-,19-,42-/m0/s1. The van der Waals surface area contributed by atoms with Crippen molar-refractivity contribution in [3.05, 3.63) is 59.4 Å². The van der Waals surface area contributed by atoms with E-state index in [4.69, 9.17) is 40.8 Å². The Morgan fingerprint density at radius 2 is 1.81 bits per heavy atom. The highest BCUT2D eigenvalue weighted by Crippen LogP contribution is 2.46. The number of ether oxygens (including phenoxy) is 2. The Labute approximate surface area is 250 Å². The molecule has 3 atom stereocenters. The van der Waals surface area contributed by atoms with E-state index >= 15 is 0 Å². The molecule has 2 aromatic heterocycles. The van der Waals surface area contributed by atoms with Crippen LogP contribution in [0.4, 0.5) is 5.82 Å². The number of carbonyl (C=O) groups is 1. The Balaban J connectivity index is 1.68. The maximum atomic E-state index is 14.1. The Kier molecular flexibility index (Phi) is 9.80. The Hall–Kier alpha value is -3.21. The van der Waals surface area contributed by atoms with Crippen molar-refractivity contribution in [2.45, 2.75) is 65.8 Å². The van der Waals surface area contributed by atoms with Crippen LogP contribution in [-0.2, 0) is 30.0 Å². The lowest BCUT2D eigenvalue weighted by Crippen LogP contribution is -2.39. The molecule has 42 heavy (non-hydrogen) atoms. The zero-order chi connectivity index (χ0) is 30.7. The average molecular weight is 618 g/mol. The first kappa shape index (κ1) is 31.7. The summed E-state index contributed by atoms with van der Waals surface area (Å²) in [5.41, 5.74) is 7.58. The molecule has 0 unspecified atom stereocenters. The van der Waals surface area contributed by atoms with E-state index in [-0.39, 0.29) is 24.8 Å². The quantitative estimate of drug-likeness (QED) is 0.135. The molecule has 0 amide bonds. The summed E-state index contributed by atoms with van der Waals surface area (Å²) < 4.78 is 39.1. The lowest BCUT2D eigenvalue weighted by Gasteiger charge is -2.27. The van der Waals surface area contributed by atoms with E-state index in [0.29, 0.717) is 28.5 Å². The molecule has 0 saturated carbocycles. The number of esters is 1. The SMILES string of the molecule is CCOCc1nc2c(N)nc3ccccc3c2n1[C@@H](C)CO[P@@](=O)(N[C@@H](C)C(=O)OC(C)(C)C)Oc1ccc(Cl)cc1. The number of imidazole rings is 1. The third kappa shape index (κ3) is 7.59. The van der Waals surface area contributed by atoms with Gasteiger partial charge in [0, 0.05) is 17.0 Å². The number of hydrogen-bond acceptors (Lipinski definition) is 9. The highest BCUT2D eigenvalue weighted by atomic mass is 35.5. The molecule has 0 aliphatic heterocycles. The van der Waals surface area contributed by atoms with Crippen LogP contribution in [0, 0.1) is 0 Å². The number of pyridine rings is 1. The summed E-state index contributed by atoms with van der Waals surface area (Å²) in [7, 11) is -4.14. The molecule has 226 valence electrons. The third-order valence-electron chi connectivity index (χ3n) is 6.14. The van der Waals surface area contributed by atoms with Gasteiger partial charge in [0.2, 0.25) is 0 Å². The molecule has 11 nitrogen and oxygen atoms in total. The maximum absolute atomic E-state index is 14.1. The van der Waals surface area contributed by atoms with Gasteiger partial charge in [0.15, 0.2) is 5.82 Å². The Morgan fingerprint density at radius 3 is 2.48 bits per heavy atom. The smallest absolute Gasteiger partial charge is 0.459 e. The summed E-state index contributed by atoms with van der Waals surface area (Å²) in [6, 6.07) is 12.5. The number of halogens is 1. The van der Waals surface area contributed by atoms with Crippen LogP contribution >= 0.6 is 19.3 Å². The van der Waals surface area contributed by atoms with E-state index in [9.17, 15) is 9.36 Å². The van der Waals surface area contributed by atoms with Crippen LogP contribution in [0.15, 0.2) is 48.5 Å². The van der Waals surface area contributed by atoms with E-state index in [0.717, 1.165) is 10.9 Å². The lowest BCUT2D eigenvalue weighted by atomic mass is 10.1. The van der Waals surface area contributed by atoms with Gasteiger partial charge in [0.05, 0.1) is 23.7 Å². The minimum atomic E-state index is -4.14. The summed E-state index contributed by atoms with van der Waals surface area (Å²) in [5.74, 6) is 0.539. The third-order valence-corrected chi connectivity index (χ3v) is 8.04. The van der Waals surface area contributed by atoms with Gasteiger partial charge in [0.1, 0.15) is 35.3 Å². The van der Waals surface area contributed by atoms with Crippen LogP contribution in [0.2, 0.25) is 5.02 Å². The van der Waals surface area contributed by atoms with Gasteiger partial charge in [0.25, 0.3) is 0 Å². The molecule has 13 heteroatoms. The van der Waals surface area contributed by atoms with Gasteiger partial charge in [-0.1, -0.05) is 29.8 Å². The van der Waals surface area contributed by atoms with Crippen LogP contribution in [-0.4, -0.2) is 45.4 Å². The van der Waals surface area contributed by atoms with Crippen molar-refractivity contribution in [3.63, 3.8) is 0 Å². The zero-order valence-corrected chi connectivity index (χ0v) is 26.2. The van der Waals surface area contributed by atoms with Crippen LogP contribution < -0.4 is 15.3 Å². The molecular weight excluding hydrogens is 581 g/mol. The lowest BCUT2D eigenvalue weighted by molar-refractivity contribution is -0.156. The Bertz CT molecular complexity index is 1600. The van der Waals surface area contributed by atoms with Gasteiger partial charge in [-0.15, -0.1) is 0 Å². The number of anilines is 1. The average Bonchev–Trinajstić information content (AvgIpc) is 3.31. The van der Waals surface area contributed by atoms with Crippen molar-refractivity contribution in [1.29, 1.82) is 0 Å². The van der Waals surface area contributed by atoms with Gasteiger partial charge >= 0.3 is 13.7 Å². The molecule has 3 N–H and O–H groups in total. The molecule has 0 radical (unpaired) electrons. The molecule has 0 aliphatic rings. The number of para-hydroxylation sites is 1. The van der Waals surface area contributed by atoms with Crippen molar-refractivity contribution in [3.8, 4) is 5.75 Å². The van der Waals surface area contributed by atoms with Gasteiger partial charge in [-0.2, -0.15) is 5.09 Å². The fourth-order valence-electron chi connectivity index (χ4n) is 4.32. The summed E-state index contributed by atoms with van der Waals surface area (Å²) in [6.45, 7) is 11.2. The molecule has 0 spiro atoms. The summed E-state index contributed by atoms with van der Waals surface area (Å²) in [5, 5.41) is 4.06. The highest BCUT2D eigenvalue weighted by molar-refractivity contribution is 7.52. The van der Waals surface area contributed by atoms with Crippen LogP contribution in [0.5, 0.6) is 5.75 Å². The number of nitrogens with two attached hydrogens (primary N) is 1. The summed E-state index contributed by atoms with van der Waals surface area (Å²) in [6.07, 6.45) is 0. The van der Waals surface area contributed by atoms with Gasteiger partial charge in [-0.25, -0.2) is 14.5 Å². The Morgan fingerprint density at radius 1 is 1.12 bits per heavy atom. The molecule has 2 aromatic carbocycles. The number of fused-ring (bicyclic) bond motifs is 3. The van der Waals surface area contributed by atoms with Crippen molar-refractivity contribution in [1.82, 2.24) is 19.6 Å².